The highest BCUT2D eigenvalue weighted by atomic mass is 35.5. The maximum Gasteiger partial charge on any atom is 0.259 e. The number of halogens is 2. The lowest BCUT2D eigenvalue weighted by Gasteiger charge is -2.40. The Kier molecular flexibility index (Phi) is 15.1. The number of hydrogen-bond acceptors (Lipinski definition) is 9. The molecule has 2 aliphatic rings. The number of amides is 2. The van der Waals surface area contributed by atoms with Crippen LogP contribution in [0.2, 0.25) is 0 Å². The van der Waals surface area contributed by atoms with E-state index in [1.54, 1.807) is 6.20 Å². The summed E-state index contributed by atoms with van der Waals surface area (Å²) in [6, 6.07) is -0.150. The van der Waals surface area contributed by atoms with E-state index in [0.717, 1.165) is 0 Å². The molecule has 0 aromatic carbocycles. The third kappa shape index (κ3) is 9.95. The number of aliphatic hydroxyl groups is 1. The topological polar surface area (TPSA) is 129 Å². The number of methoxy groups -OCH3 is 1. The number of carbonyl (C=O) groups is 2. The number of nitrogens with zero attached hydrogens (tertiary/aromatic N) is 4. The van der Waals surface area contributed by atoms with Crippen LogP contribution in [0.15, 0.2) is 6.20 Å². The van der Waals surface area contributed by atoms with Crippen molar-refractivity contribution in [2.24, 2.45) is 11.8 Å². The maximum atomic E-state index is 14.1. The summed E-state index contributed by atoms with van der Waals surface area (Å²) in [5.74, 6) is 0.954. The number of hydrogen-bond donors (Lipinski definition) is 3. The molecular formula is C27H48Cl2N6O5. The molecule has 0 bridgehead atoms. The molecule has 2 saturated heterocycles. The average molecular weight is 608 g/mol. The number of carbonyl (C=O) groups excluding carboxylic acids is 2. The zero-order valence-electron chi connectivity index (χ0n) is 24.6. The molecule has 3 N–H and O–H groups in total. The molecule has 13 heteroatoms. The molecule has 2 fully saturated rings. The first-order valence-corrected chi connectivity index (χ1v) is 13.7. The highest BCUT2D eigenvalue weighted by Gasteiger charge is 2.36. The normalized spacial score (nSPS) is 20.2. The first kappa shape index (κ1) is 36.3. The van der Waals surface area contributed by atoms with E-state index in [9.17, 15) is 14.7 Å². The predicted octanol–water partition coefficient (Wildman–Crippen LogP) is 1.97. The van der Waals surface area contributed by atoms with Crippen molar-refractivity contribution < 1.29 is 24.2 Å². The summed E-state index contributed by atoms with van der Waals surface area (Å²) in [6.07, 6.45) is 1.43. The molecule has 0 spiro atoms. The Balaban J connectivity index is 0.00000400. The predicted molar refractivity (Wildman–Crippen MR) is 160 cm³/mol. The van der Waals surface area contributed by atoms with Crippen LogP contribution in [-0.4, -0.2) is 115 Å². The van der Waals surface area contributed by atoms with Crippen LogP contribution in [0.4, 0.5) is 5.82 Å². The van der Waals surface area contributed by atoms with Gasteiger partial charge in [-0.15, -0.1) is 24.8 Å². The van der Waals surface area contributed by atoms with Crippen LogP contribution in [0, 0.1) is 11.8 Å². The lowest BCUT2D eigenvalue weighted by atomic mass is 9.92. The highest BCUT2D eigenvalue weighted by molar-refractivity contribution is 5.98. The van der Waals surface area contributed by atoms with Crippen LogP contribution in [0.3, 0.4) is 0 Å². The minimum absolute atomic E-state index is 0. The van der Waals surface area contributed by atoms with Crippen LogP contribution in [0.5, 0.6) is 0 Å². The smallest absolute Gasteiger partial charge is 0.259 e. The highest BCUT2D eigenvalue weighted by Crippen LogP contribution is 2.26. The Labute approximate surface area is 251 Å². The van der Waals surface area contributed by atoms with Crippen molar-refractivity contribution in [2.75, 3.05) is 71.5 Å². The van der Waals surface area contributed by atoms with Crippen molar-refractivity contribution in [1.29, 1.82) is 0 Å². The van der Waals surface area contributed by atoms with E-state index < -0.39 is 6.10 Å². The molecule has 0 saturated carbocycles. The van der Waals surface area contributed by atoms with Crippen LogP contribution in [0.1, 0.15) is 57.2 Å². The van der Waals surface area contributed by atoms with Gasteiger partial charge in [0.05, 0.1) is 31.8 Å². The molecule has 40 heavy (non-hydrogen) atoms. The molecule has 230 valence electrons. The number of anilines is 1. The number of piperidine rings is 1. The Morgan fingerprint density at radius 3 is 2.52 bits per heavy atom. The number of ether oxygens (including phenoxy) is 2. The molecule has 1 aromatic heterocycles. The van der Waals surface area contributed by atoms with Crippen molar-refractivity contribution >= 4 is 42.4 Å². The third-order valence-corrected chi connectivity index (χ3v) is 6.82. The van der Waals surface area contributed by atoms with Crippen molar-refractivity contribution in [3.05, 3.63) is 17.6 Å². The first-order valence-electron chi connectivity index (χ1n) is 13.7. The Hall–Kier alpha value is -1.76. The number of aromatic nitrogens is 2. The van der Waals surface area contributed by atoms with Gasteiger partial charge in [-0.3, -0.25) is 9.59 Å². The molecule has 0 aliphatic carbocycles. The van der Waals surface area contributed by atoms with Crippen molar-refractivity contribution in [1.82, 2.24) is 25.1 Å². The molecule has 2 aliphatic heterocycles. The first-order chi connectivity index (χ1) is 18.0. The number of aliphatic hydroxyl groups excluding tert-OH is 1. The molecule has 3 heterocycles. The zero-order chi connectivity index (χ0) is 27.9. The summed E-state index contributed by atoms with van der Waals surface area (Å²) in [4.78, 5) is 40.3. The molecule has 1 unspecified atom stereocenters. The van der Waals surface area contributed by atoms with Crippen LogP contribution >= 0.6 is 24.8 Å². The van der Waals surface area contributed by atoms with Crippen molar-refractivity contribution in [2.45, 2.75) is 58.6 Å². The monoisotopic (exact) mass is 606 g/mol. The number of morpholine rings is 1. The largest absolute Gasteiger partial charge is 0.389 e. The quantitative estimate of drug-likeness (QED) is 0.366. The molecular weight excluding hydrogens is 559 g/mol. The maximum absolute atomic E-state index is 14.1. The Morgan fingerprint density at radius 2 is 1.93 bits per heavy atom. The lowest BCUT2D eigenvalue weighted by molar-refractivity contribution is -0.140. The number of rotatable bonds is 10. The molecule has 2 amide bonds. The minimum Gasteiger partial charge on any atom is -0.389 e. The fourth-order valence-corrected chi connectivity index (χ4v) is 4.83. The van der Waals surface area contributed by atoms with Gasteiger partial charge in [-0.2, -0.15) is 0 Å². The molecule has 0 radical (unpaired) electrons. The van der Waals surface area contributed by atoms with E-state index in [0.29, 0.717) is 69.6 Å². The van der Waals surface area contributed by atoms with Crippen molar-refractivity contribution in [3.8, 4) is 0 Å². The van der Waals surface area contributed by atoms with Gasteiger partial charge in [0.15, 0.2) is 0 Å². The summed E-state index contributed by atoms with van der Waals surface area (Å²) in [7, 11) is 1.53. The second kappa shape index (κ2) is 16.6. The summed E-state index contributed by atoms with van der Waals surface area (Å²) in [6.45, 7) is 14.6. The zero-order valence-corrected chi connectivity index (χ0v) is 26.3. The van der Waals surface area contributed by atoms with Crippen molar-refractivity contribution in [3.63, 3.8) is 0 Å². The fourth-order valence-electron chi connectivity index (χ4n) is 4.83. The molecule has 1 aromatic rings. The Bertz CT molecular complexity index is 942. The molecule has 3 atom stereocenters. The third-order valence-electron chi connectivity index (χ3n) is 6.82. The van der Waals surface area contributed by atoms with Gasteiger partial charge in [-0.25, -0.2) is 9.97 Å². The van der Waals surface area contributed by atoms with Gasteiger partial charge in [-0.05, 0) is 12.3 Å². The second-order valence-electron chi connectivity index (χ2n) is 11.7. The lowest BCUT2D eigenvalue weighted by Crippen LogP contribution is -2.56. The van der Waals surface area contributed by atoms with E-state index >= 15 is 0 Å². The van der Waals surface area contributed by atoms with Gasteiger partial charge in [0.1, 0.15) is 17.2 Å². The summed E-state index contributed by atoms with van der Waals surface area (Å²) in [5.41, 5.74) is 0.0334. The summed E-state index contributed by atoms with van der Waals surface area (Å²) < 4.78 is 10.4. The molecule has 11 nitrogen and oxygen atoms in total. The SMILES string of the molecule is COCC(O)CNc1nc(C(C)(C)C)ncc1C(=O)N(CC(C)C)[C@@H]1CNC[C@H](C(=O)N2CCOCC2)C1.Cl.Cl. The summed E-state index contributed by atoms with van der Waals surface area (Å²) >= 11 is 0. The van der Waals surface area contributed by atoms with Gasteiger partial charge >= 0.3 is 0 Å². The summed E-state index contributed by atoms with van der Waals surface area (Å²) in [5, 5.41) is 16.8. The fraction of sp³-hybridized carbons (Fsp3) is 0.778. The Morgan fingerprint density at radius 1 is 1.25 bits per heavy atom. The van der Waals surface area contributed by atoms with Gasteiger partial charge in [-0.1, -0.05) is 34.6 Å². The number of nitrogens with one attached hydrogen (secondary N) is 2. The molecule has 3 rings (SSSR count). The van der Waals surface area contributed by atoms with Crippen LogP contribution in [-0.2, 0) is 19.7 Å². The second-order valence-corrected chi connectivity index (χ2v) is 11.7. The van der Waals surface area contributed by atoms with Gasteiger partial charge in [0.25, 0.3) is 5.91 Å². The van der Waals surface area contributed by atoms with E-state index in [-0.39, 0.29) is 73.1 Å². The minimum atomic E-state index is -0.753. The van der Waals surface area contributed by atoms with Crippen LogP contribution < -0.4 is 10.6 Å². The van der Waals surface area contributed by atoms with Crippen LogP contribution in [0.25, 0.3) is 0 Å². The van der Waals surface area contributed by atoms with E-state index in [1.807, 2.05) is 30.6 Å². The standard InChI is InChI=1S/C27H46N6O5.2ClH/c1-18(2)16-33(20-11-19(12-28-13-20)24(35)32-7-9-38-10-8-32)25(36)22-15-30-26(27(3,4)5)31-23(22)29-14-21(34)17-37-6;;/h15,18-21,28,34H,7-14,16-17H2,1-6H3,(H,29,30,31);2*1H/t19-,20+,21?;;/m1../s1. The van der Waals surface area contributed by atoms with E-state index in [2.05, 4.69) is 29.5 Å². The van der Waals surface area contributed by atoms with E-state index in [4.69, 9.17) is 14.5 Å². The van der Waals surface area contributed by atoms with Gasteiger partial charge in [0.2, 0.25) is 5.91 Å². The van der Waals surface area contributed by atoms with Gasteiger partial charge < -0.3 is 35.0 Å². The average Bonchev–Trinajstić information content (AvgIpc) is 2.89. The van der Waals surface area contributed by atoms with Gasteiger partial charge in [0, 0.05) is 64.0 Å². The van der Waals surface area contributed by atoms with E-state index in [1.165, 1.54) is 7.11 Å².